The lowest BCUT2D eigenvalue weighted by atomic mass is 9.61. The Kier molecular flexibility index (Phi) is 4.81. The number of nitrogens with zero attached hydrogens (tertiary/aromatic N) is 2. The van der Waals surface area contributed by atoms with Gasteiger partial charge in [0.05, 0.1) is 12.1 Å². The Hall–Kier alpha value is -2.06. The summed E-state index contributed by atoms with van der Waals surface area (Å²) < 4.78 is 0. The highest BCUT2D eigenvalue weighted by Crippen LogP contribution is 2.47. The van der Waals surface area contributed by atoms with Crippen molar-refractivity contribution in [3.63, 3.8) is 0 Å². The monoisotopic (exact) mass is 278 g/mol. The second-order valence-corrected chi connectivity index (χ2v) is 5.98. The van der Waals surface area contributed by atoms with Crippen molar-refractivity contribution in [3.8, 4) is 12.1 Å². The first kappa shape index (κ1) is 15.3. The van der Waals surface area contributed by atoms with Crippen molar-refractivity contribution in [2.24, 2.45) is 5.92 Å². The van der Waals surface area contributed by atoms with Crippen molar-refractivity contribution in [1.82, 2.24) is 0 Å². The van der Waals surface area contributed by atoms with Crippen LogP contribution in [-0.2, 0) is 11.8 Å². The molecular formula is C19H22N2. The predicted molar refractivity (Wildman–Crippen MR) is 84.6 cm³/mol. The number of rotatable bonds is 5. The van der Waals surface area contributed by atoms with E-state index >= 15 is 0 Å². The van der Waals surface area contributed by atoms with Crippen molar-refractivity contribution < 1.29 is 0 Å². The molecule has 0 spiro atoms. The molecule has 0 aliphatic heterocycles. The molecule has 0 radical (unpaired) electrons. The molecule has 1 atom stereocenters. The average molecular weight is 278 g/mol. The van der Waals surface area contributed by atoms with Gasteiger partial charge in [0.15, 0.2) is 0 Å². The van der Waals surface area contributed by atoms with Gasteiger partial charge in [-0.25, -0.2) is 0 Å². The molecule has 0 heterocycles. The Morgan fingerprint density at radius 3 is 2.81 bits per heavy atom. The minimum absolute atomic E-state index is 0.299. The summed E-state index contributed by atoms with van der Waals surface area (Å²) in [7, 11) is 0. The largest absolute Gasteiger partial charge is 0.197 e. The summed E-state index contributed by atoms with van der Waals surface area (Å²) in [6.07, 6.45) is 7.79. The molecule has 21 heavy (non-hydrogen) atoms. The van der Waals surface area contributed by atoms with E-state index in [1.807, 2.05) is 6.08 Å². The second kappa shape index (κ2) is 6.59. The molecule has 108 valence electrons. The maximum absolute atomic E-state index is 9.50. The number of benzene rings is 1. The molecule has 0 amide bonds. The molecule has 0 bridgehead atoms. The first-order valence-corrected chi connectivity index (χ1v) is 7.68. The first-order valence-electron chi connectivity index (χ1n) is 7.68. The molecule has 0 fully saturated rings. The summed E-state index contributed by atoms with van der Waals surface area (Å²) in [5.74, 6) is -0.567. The van der Waals surface area contributed by atoms with Gasteiger partial charge in [-0.3, -0.25) is 0 Å². The fourth-order valence-corrected chi connectivity index (χ4v) is 3.76. The highest BCUT2D eigenvalue weighted by Gasteiger charge is 2.43. The zero-order valence-corrected chi connectivity index (χ0v) is 12.7. The van der Waals surface area contributed by atoms with Crippen molar-refractivity contribution in [3.05, 3.63) is 47.5 Å². The van der Waals surface area contributed by atoms with Crippen LogP contribution in [0, 0.1) is 35.5 Å². The molecule has 2 rings (SSSR count). The van der Waals surface area contributed by atoms with Crippen LogP contribution in [0.3, 0.4) is 0 Å². The zero-order valence-electron chi connectivity index (χ0n) is 12.7. The van der Waals surface area contributed by atoms with Crippen LogP contribution in [0.4, 0.5) is 0 Å². The number of allylic oxidation sites excluding steroid dienone is 1. The second-order valence-electron chi connectivity index (χ2n) is 5.98. The molecule has 2 nitrogen and oxygen atoms in total. The Morgan fingerprint density at radius 2 is 2.14 bits per heavy atom. The van der Waals surface area contributed by atoms with Crippen LogP contribution in [0.1, 0.15) is 48.8 Å². The summed E-state index contributed by atoms with van der Waals surface area (Å²) in [6.45, 7) is 5.91. The van der Waals surface area contributed by atoms with E-state index in [0.717, 1.165) is 38.5 Å². The average Bonchev–Trinajstić information content (AvgIpc) is 2.50. The van der Waals surface area contributed by atoms with Crippen LogP contribution in [0.5, 0.6) is 0 Å². The van der Waals surface area contributed by atoms with E-state index in [1.54, 1.807) is 0 Å². The molecule has 0 N–H and O–H groups in total. The molecule has 1 aromatic carbocycles. The van der Waals surface area contributed by atoms with E-state index in [2.05, 4.69) is 43.8 Å². The van der Waals surface area contributed by atoms with Gasteiger partial charge < -0.3 is 0 Å². The van der Waals surface area contributed by atoms with Gasteiger partial charge in [-0.15, -0.1) is 6.58 Å². The van der Waals surface area contributed by atoms with Crippen LogP contribution in [0.2, 0.25) is 0 Å². The SMILES string of the molecule is C=CCCCC1(C(C#N)C#N)CCCc2c(C)cccc21. The van der Waals surface area contributed by atoms with Gasteiger partial charge in [-0.05, 0) is 62.1 Å². The minimum Gasteiger partial charge on any atom is -0.197 e. The van der Waals surface area contributed by atoms with Crippen LogP contribution in [0.15, 0.2) is 30.9 Å². The van der Waals surface area contributed by atoms with Gasteiger partial charge in [0.25, 0.3) is 0 Å². The Morgan fingerprint density at radius 1 is 1.38 bits per heavy atom. The molecule has 1 aromatic rings. The molecule has 1 unspecified atom stereocenters. The lowest BCUT2D eigenvalue weighted by Gasteiger charge is -2.41. The highest BCUT2D eigenvalue weighted by atomic mass is 14.5. The van der Waals surface area contributed by atoms with E-state index < -0.39 is 5.92 Å². The lowest BCUT2D eigenvalue weighted by Crippen LogP contribution is -2.38. The smallest absolute Gasteiger partial charge is 0.142 e. The quantitative estimate of drug-likeness (QED) is 0.584. The number of hydrogen-bond acceptors (Lipinski definition) is 2. The predicted octanol–water partition coefficient (Wildman–Crippen LogP) is 4.59. The number of hydrogen-bond donors (Lipinski definition) is 0. The van der Waals surface area contributed by atoms with Gasteiger partial charge in [-0.1, -0.05) is 24.3 Å². The van der Waals surface area contributed by atoms with Crippen molar-refractivity contribution in [2.45, 2.75) is 50.9 Å². The molecule has 1 aliphatic carbocycles. The maximum Gasteiger partial charge on any atom is 0.142 e. The maximum atomic E-state index is 9.50. The zero-order chi connectivity index (χ0) is 15.3. The summed E-state index contributed by atoms with van der Waals surface area (Å²) in [4.78, 5) is 0. The molecular weight excluding hydrogens is 256 g/mol. The number of nitriles is 2. The third kappa shape index (κ3) is 2.72. The Bertz CT molecular complexity index is 589. The normalized spacial score (nSPS) is 20.4. The van der Waals surface area contributed by atoms with Gasteiger partial charge in [0.2, 0.25) is 0 Å². The third-order valence-corrected chi connectivity index (χ3v) is 4.84. The number of fused-ring (bicyclic) bond motifs is 1. The van der Waals surface area contributed by atoms with E-state index in [4.69, 9.17) is 0 Å². The van der Waals surface area contributed by atoms with E-state index in [1.165, 1.54) is 16.7 Å². The Labute approximate surface area is 127 Å². The molecule has 0 saturated heterocycles. The summed E-state index contributed by atoms with van der Waals surface area (Å²) in [6, 6.07) is 10.9. The van der Waals surface area contributed by atoms with Crippen LogP contribution in [-0.4, -0.2) is 0 Å². The van der Waals surface area contributed by atoms with Crippen LogP contribution < -0.4 is 0 Å². The summed E-state index contributed by atoms with van der Waals surface area (Å²) >= 11 is 0. The summed E-state index contributed by atoms with van der Waals surface area (Å²) in [5, 5.41) is 19.0. The van der Waals surface area contributed by atoms with Crippen molar-refractivity contribution >= 4 is 0 Å². The van der Waals surface area contributed by atoms with Crippen molar-refractivity contribution in [2.75, 3.05) is 0 Å². The molecule has 2 heteroatoms. The van der Waals surface area contributed by atoms with E-state index in [9.17, 15) is 10.5 Å². The van der Waals surface area contributed by atoms with E-state index in [0.29, 0.717) is 0 Å². The van der Waals surface area contributed by atoms with E-state index in [-0.39, 0.29) is 5.41 Å². The molecule has 0 aromatic heterocycles. The number of unbranched alkanes of at least 4 members (excludes halogenated alkanes) is 1. The molecule has 1 aliphatic rings. The van der Waals surface area contributed by atoms with Crippen LogP contribution >= 0.6 is 0 Å². The Balaban J connectivity index is 2.52. The summed E-state index contributed by atoms with van der Waals surface area (Å²) in [5.41, 5.74) is 3.59. The lowest BCUT2D eigenvalue weighted by molar-refractivity contribution is 0.288. The van der Waals surface area contributed by atoms with Gasteiger partial charge in [0.1, 0.15) is 5.92 Å². The number of aryl methyl sites for hydroxylation is 1. The van der Waals surface area contributed by atoms with Gasteiger partial charge in [0, 0.05) is 5.41 Å². The fraction of sp³-hybridized carbons (Fsp3) is 0.474. The van der Waals surface area contributed by atoms with Crippen molar-refractivity contribution in [1.29, 1.82) is 10.5 Å². The van der Waals surface area contributed by atoms with Crippen LogP contribution in [0.25, 0.3) is 0 Å². The minimum atomic E-state index is -0.567. The fourth-order valence-electron chi connectivity index (χ4n) is 3.76. The van der Waals surface area contributed by atoms with Gasteiger partial charge in [-0.2, -0.15) is 10.5 Å². The first-order chi connectivity index (χ1) is 10.2. The van der Waals surface area contributed by atoms with Gasteiger partial charge >= 0.3 is 0 Å². The standard InChI is InChI=1S/C19H22N2/c1-3-4-5-11-19(16(13-20)14-21)12-7-9-17-15(2)8-6-10-18(17)19/h3,6,8,10,16H,1,4-5,7,9,11-12H2,2H3. The topological polar surface area (TPSA) is 47.6 Å². The third-order valence-electron chi connectivity index (χ3n) is 4.84. The highest BCUT2D eigenvalue weighted by molar-refractivity contribution is 5.44. The molecule has 0 saturated carbocycles.